The minimum atomic E-state index is -0.715. The summed E-state index contributed by atoms with van der Waals surface area (Å²) in [6.07, 6.45) is 3.64. The maximum atomic E-state index is 12.0. The van der Waals surface area contributed by atoms with E-state index in [1.807, 2.05) is 0 Å². The van der Waals surface area contributed by atoms with Gasteiger partial charge < -0.3 is 10.4 Å². The van der Waals surface area contributed by atoms with Gasteiger partial charge in [0.25, 0.3) is 5.91 Å². The average Bonchev–Trinajstić information content (AvgIpc) is 3.24. The molecule has 0 aliphatic heterocycles. The molecular weight excluding hydrogens is 264 g/mol. The molecule has 5 nitrogen and oxygen atoms in total. The molecular formula is C13H14N2O3S. The van der Waals surface area contributed by atoms with Crippen molar-refractivity contribution in [2.75, 3.05) is 0 Å². The minimum Gasteiger partial charge on any atom is -0.481 e. The van der Waals surface area contributed by atoms with E-state index in [9.17, 15) is 9.59 Å². The second kappa shape index (κ2) is 3.56. The SMILES string of the molecule is O=C(N[C@@H]1C[C@@]2(C(=O)O)C[C@@H]12)c1csc(C2CC2)n1. The summed E-state index contributed by atoms with van der Waals surface area (Å²) in [6.45, 7) is 0. The molecule has 3 aliphatic rings. The van der Waals surface area contributed by atoms with Crippen molar-refractivity contribution < 1.29 is 14.7 Å². The zero-order chi connectivity index (χ0) is 13.2. The molecule has 6 heteroatoms. The van der Waals surface area contributed by atoms with Gasteiger partial charge in [-0.3, -0.25) is 9.59 Å². The van der Waals surface area contributed by atoms with E-state index in [4.69, 9.17) is 5.11 Å². The Hall–Kier alpha value is -1.43. The highest BCUT2D eigenvalue weighted by Crippen LogP contribution is 2.67. The number of aromatic nitrogens is 1. The number of amides is 1. The van der Waals surface area contributed by atoms with Crippen LogP contribution in [0.1, 0.15) is 47.1 Å². The van der Waals surface area contributed by atoms with Gasteiger partial charge in [0.2, 0.25) is 0 Å². The van der Waals surface area contributed by atoms with Crippen LogP contribution >= 0.6 is 11.3 Å². The van der Waals surface area contributed by atoms with Crippen LogP contribution < -0.4 is 5.32 Å². The van der Waals surface area contributed by atoms with E-state index in [1.54, 1.807) is 16.7 Å². The topological polar surface area (TPSA) is 79.3 Å². The first kappa shape index (κ1) is 11.4. The highest BCUT2D eigenvalue weighted by atomic mass is 32.1. The van der Waals surface area contributed by atoms with Crippen LogP contribution in [0.15, 0.2) is 5.38 Å². The third-order valence-corrected chi connectivity index (χ3v) is 5.63. The lowest BCUT2D eigenvalue weighted by atomic mass is 9.80. The first-order valence-electron chi connectivity index (χ1n) is 6.60. The number of nitrogens with zero attached hydrogens (tertiary/aromatic N) is 1. The van der Waals surface area contributed by atoms with E-state index in [1.165, 1.54) is 12.8 Å². The van der Waals surface area contributed by atoms with Gasteiger partial charge in [0.15, 0.2) is 0 Å². The number of hydrogen-bond donors (Lipinski definition) is 2. The predicted octanol–water partition coefficient (Wildman–Crippen LogP) is 1.61. The van der Waals surface area contributed by atoms with E-state index in [0.717, 1.165) is 5.01 Å². The normalized spacial score (nSPS) is 35.2. The Kier molecular flexibility index (Phi) is 2.14. The van der Waals surface area contributed by atoms with Crippen molar-refractivity contribution in [2.24, 2.45) is 11.3 Å². The van der Waals surface area contributed by atoms with Gasteiger partial charge in [-0.1, -0.05) is 0 Å². The van der Waals surface area contributed by atoms with E-state index >= 15 is 0 Å². The number of fused-ring (bicyclic) bond motifs is 1. The lowest BCUT2D eigenvalue weighted by Gasteiger charge is -2.31. The largest absolute Gasteiger partial charge is 0.481 e. The predicted molar refractivity (Wildman–Crippen MR) is 68.1 cm³/mol. The molecule has 0 aromatic carbocycles. The molecule has 3 fully saturated rings. The van der Waals surface area contributed by atoms with Gasteiger partial charge in [0.1, 0.15) is 5.69 Å². The first-order chi connectivity index (χ1) is 9.10. The number of thiazole rings is 1. The van der Waals surface area contributed by atoms with Crippen LogP contribution in [0.25, 0.3) is 0 Å². The summed E-state index contributed by atoms with van der Waals surface area (Å²) in [6, 6.07) is 0.0228. The fourth-order valence-electron chi connectivity index (χ4n) is 3.11. The lowest BCUT2D eigenvalue weighted by Crippen LogP contribution is -2.48. The number of carbonyl (C=O) groups excluding carboxylic acids is 1. The molecule has 1 aromatic rings. The Morgan fingerprint density at radius 3 is 2.79 bits per heavy atom. The summed E-state index contributed by atoms with van der Waals surface area (Å²) < 4.78 is 0. The number of hydrogen-bond acceptors (Lipinski definition) is 4. The highest BCUT2D eigenvalue weighted by molar-refractivity contribution is 7.10. The van der Waals surface area contributed by atoms with E-state index in [2.05, 4.69) is 10.3 Å². The summed E-state index contributed by atoms with van der Waals surface area (Å²) in [5, 5.41) is 14.8. The summed E-state index contributed by atoms with van der Waals surface area (Å²) in [7, 11) is 0. The van der Waals surface area contributed by atoms with Crippen LogP contribution in [-0.2, 0) is 4.79 Å². The molecule has 0 unspecified atom stereocenters. The van der Waals surface area contributed by atoms with Crippen molar-refractivity contribution in [1.29, 1.82) is 0 Å². The second-order valence-electron chi connectivity index (χ2n) is 5.90. The molecule has 1 heterocycles. The van der Waals surface area contributed by atoms with E-state index < -0.39 is 11.4 Å². The number of rotatable bonds is 4. The van der Waals surface area contributed by atoms with Crippen LogP contribution in [0.5, 0.6) is 0 Å². The number of carbonyl (C=O) groups is 2. The van der Waals surface area contributed by atoms with Crippen LogP contribution in [0.2, 0.25) is 0 Å². The van der Waals surface area contributed by atoms with Crippen molar-refractivity contribution in [3.05, 3.63) is 16.1 Å². The van der Waals surface area contributed by atoms with Crippen LogP contribution in [0.4, 0.5) is 0 Å². The van der Waals surface area contributed by atoms with Crippen molar-refractivity contribution in [3.63, 3.8) is 0 Å². The van der Waals surface area contributed by atoms with Gasteiger partial charge in [0, 0.05) is 17.3 Å². The Bertz CT molecular complexity index is 580. The lowest BCUT2D eigenvalue weighted by molar-refractivity contribution is -0.147. The zero-order valence-corrected chi connectivity index (χ0v) is 11.1. The second-order valence-corrected chi connectivity index (χ2v) is 6.79. The van der Waals surface area contributed by atoms with E-state index in [-0.39, 0.29) is 17.9 Å². The van der Waals surface area contributed by atoms with Gasteiger partial charge in [-0.05, 0) is 31.6 Å². The van der Waals surface area contributed by atoms with Crippen molar-refractivity contribution in [2.45, 2.75) is 37.6 Å². The van der Waals surface area contributed by atoms with Gasteiger partial charge in [-0.25, -0.2) is 4.98 Å². The molecule has 3 aliphatic carbocycles. The van der Waals surface area contributed by atoms with Crippen LogP contribution in [-0.4, -0.2) is 28.0 Å². The molecule has 0 spiro atoms. The van der Waals surface area contributed by atoms with Gasteiger partial charge >= 0.3 is 5.97 Å². The number of carboxylic acid groups (broad SMARTS) is 1. The molecule has 0 radical (unpaired) electrons. The van der Waals surface area contributed by atoms with Gasteiger partial charge in [-0.15, -0.1) is 11.3 Å². The van der Waals surface area contributed by atoms with E-state index in [0.29, 0.717) is 24.5 Å². The maximum Gasteiger partial charge on any atom is 0.310 e. The Morgan fingerprint density at radius 2 is 2.21 bits per heavy atom. The molecule has 1 amide bonds. The summed E-state index contributed by atoms with van der Waals surface area (Å²) in [5.74, 6) is -0.166. The monoisotopic (exact) mass is 278 g/mol. The summed E-state index contributed by atoms with van der Waals surface area (Å²) >= 11 is 1.55. The molecule has 19 heavy (non-hydrogen) atoms. The smallest absolute Gasteiger partial charge is 0.310 e. The third-order valence-electron chi connectivity index (χ3n) is 4.63. The molecule has 3 saturated carbocycles. The van der Waals surface area contributed by atoms with Crippen molar-refractivity contribution >= 4 is 23.2 Å². The Labute approximate surface area is 114 Å². The standard InChI is InChI=1S/C13H14N2O3S/c16-10(9-5-19-11(15-9)6-1-2-6)14-8-4-13(12(17)18)3-7(8)13/h5-8H,1-4H2,(H,14,16)(H,17,18)/t7-,8+,13-/m0/s1. The van der Waals surface area contributed by atoms with Crippen LogP contribution in [0, 0.1) is 11.3 Å². The van der Waals surface area contributed by atoms with Crippen molar-refractivity contribution in [1.82, 2.24) is 10.3 Å². The first-order valence-corrected chi connectivity index (χ1v) is 7.48. The Balaban J connectivity index is 1.38. The highest BCUT2D eigenvalue weighted by Gasteiger charge is 2.72. The van der Waals surface area contributed by atoms with Crippen molar-refractivity contribution in [3.8, 4) is 0 Å². The Morgan fingerprint density at radius 1 is 1.42 bits per heavy atom. The molecule has 100 valence electrons. The molecule has 0 saturated heterocycles. The number of nitrogens with one attached hydrogen (secondary N) is 1. The maximum absolute atomic E-state index is 12.0. The number of aliphatic carboxylic acids is 1. The fourth-order valence-corrected chi connectivity index (χ4v) is 4.08. The van der Waals surface area contributed by atoms with Gasteiger partial charge in [-0.2, -0.15) is 0 Å². The molecule has 1 aromatic heterocycles. The van der Waals surface area contributed by atoms with Crippen LogP contribution in [0.3, 0.4) is 0 Å². The zero-order valence-electron chi connectivity index (χ0n) is 10.3. The molecule has 3 atom stereocenters. The number of carboxylic acids is 1. The summed E-state index contributed by atoms with van der Waals surface area (Å²) in [5.41, 5.74) is -0.0282. The summed E-state index contributed by atoms with van der Waals surface area (Å²) in [4.78, 5) is 27.4. The van der Waals surface area contributed by atoms with Gasteiger partial charge in [0.05, 0.1) is 10.4 Å². The molecule has 2 N–H and O–H groups in total. The molecule has 0 bridgehead atoms. The minimum absolute atomic E-state index is 0.0228. The fraction of sp³-hybridized carbons (Fsp3) is 0.615. The quantitative estimate of drug-likeness (QED) is 0.877. The average molecular weight is 278 g/mol. The third kappa shape index (κ3) is 1.62. The molecule has 4 rings (SSSR count).